The van der Waals surface area contributed by atoms with Crippen LogP contribution in [-0.2, 0) is 13.1 Å². The SMILES string of the molecule is C=CCC1(Sn2cc(C)c3c(C(=O)NCc4c(C)cc(C)[nH]c4=O)cc(-c4ccc(CN(C)C)c(F)c4)cc32)CC1. The molecule has 0 unspecified atom stereocenters. The molecule has 0 atom stereocenters. The van der Waals surface area contributed by atoms with E-state index >= 15 is 4.39 Å². The zero-order valence-corrected chi connectivity index (χ0v) is 25.2. The molecule has 2 aromatic heterocycles. The normalized spacial score (nSPS) is 14.0. The Hall–Kier alpha value is -3.62. The number of fused-ring (bicyclic) bond motifs is 1. The Balaban J connectivity index is 1.58. The summed E-state index contributed by atoms with van der Waals surface area (Å²) < 4.78 is 17.4. The van der Waals surface area contributed by atoms with Gasteiger partial charge in [-0.3, -0.25) is 13.6 Å². The number of pyridine rings is 1. The van der Waals surface area contributed by atoms with Crippen molar-refractivity contribution in [3.05, 3.63) is 105 Å². The monoisotopic (exact) mass is 572 g/mol. The molecule has 2 aromatic carbocycles. The molecule has 1 aliphatic carbocycles. The Kier molecular flexibility index (Phi) is 7.99. The number of rotatable bonds is 10. The number of carbonyl (C=O) groups is 1. The molecule has 4 aromatic rings. The number of hydrogen-bond donors (Lipinski definition) is 2. The maximum atomic E-state index is 15.1. The molecule has 0 spiro atoms. The molecule has 0 radical (unpaired) electrons. The average Bonchev–Trinajstić information content (AvgIpc) is 3.59. The summed E-state index contributed by atoms with van der Waals surface area (Å²) in [6.45, 7) is 10.3. The van der Waals surface area contributed by atoms with Crippen LogP contribution in [0.5, 0.6) is 0 Å². The minimum absolute atomic E-state index is 0.108. The lowest BCUT2D eigenvalue weighted by Crippen LogP contribution is -2.28. The van der Waals surface area contributed by atoms with Gasteiger partial charge in [0.2, 0.25) is 0 Å². The number of allylic oxidation sites excluding steroid dienone is 1. The highest BCUT2D eigenvalue weighted by Crippen LogP contribution is 2.53. The Morgan fingerprint density at radius 3 is 2.54 bits per heavy atom. The Bertz CT molecular complexity index is 1710. The summed E-state index contributed by atoms with van der Waals surface area (Å²) >= 11 is 1.77. The van der Waals surface area contributed by atoms with Crippen LogP contribution >= 0.6 is 11.9 Å². The van der Waals surface area contributed by atoms with Crippen LogP contribution in [0.3, 0.4) is 0 Å². The summed E-state index contributed by atoms with van der Waals surface area (Å²) in [5.74, 6) is -0.556. The third-order valence-electron chi connectivity index (χ3n) is 7.71. The highest BCUT2D eigenvalue weighted by molar-refractivity contribution is 7.99. The predicted molar refractivity (Wildman–Crippen MR) is 167 cm³/mol. The molecular formula is C33H37FN4O2S. The fraction of sp³-hybridized carbons (Fsp3) is 0.333. The number of aromatic nitrogens is 2. The summed E-state index contributed by atoms with van der Waals surface area (Å²) in [4.78, 5) is 31.1. The van der Waals surface area contributed by atoms with E-state index in [0.29, 0.717) is 28.8 Å². The second kappa shape index (κ2) is 11.3. The number of H-pyrrole nitrogens is 1. The summed E-state index contributed by atoms with van der Waals surface area (Å²) in [5.41, 5.74) is 6.40. The number of benzene rings is 2. The number of halogens is 1. The molecule has 0 bridgehead atoms. The molecule has 2 heterocycles. The zero-order chi connectivity index (χ0) is 29.5. The summed E-state index contributed by atoms with van der Waals surface area (Å²) in [6.07, 6.45) is 7.17. The Morgan fingerprint density at radius 1 is 1.15 bits per heavy atom. The lowest BCUT2D eigenvalue weighted by atomic mass is 9.97. The van der Waals surface area contributed by atoms with Crippen molar-refractivity contribution >= 4 is 28.8 Å². The van der Waals surface area contributed by atoms with Gasteiger partial charge < -0.3 is 15.2 Å². The van der Waals surface area contributed by atoms with Gasteiger partial charge in [0.15, 0.2) is 0 Å². The highest BCUT2D eigenvalue weighted by Gasteiger charge is 2.43. The first-order valence-electron chi connectivity index (χ1n) is 13.9. The van der Waals surface area contributed by atoms with E-state index in [1.807, 2.05) is 76.2 Å². The standard InChI is InChI=1S/C33H37FN4O2S/c1-7-10-33(11-12-33)41-38-18-21(3)30-26(31(39)35-17-27-20(2)13-22(4)36-32(27)40)14-25(16-29(30)38)23-8-9-24(19-37(5)6)28(34)15-23/h7-9,13-16,18H,1,10-12,17,19H2,2-6H3,(H,35,39)(H,36,40). The van der Waals surface area contributed by atoms with Gasteiger partial charge in [0.1, 0.15) is 5.82 Å². The molecule has 1 aliphatic rings. The topological polar surface area (TPSA) is 70.1 Å². The third-order valence-corrected chi connectivity index (χ3v) is 9.17. The molecule has 8 heteroatoms. The van der Waals surface area contributed by atoms with Crippen LogP contribution in [0.15, 0.2) is 60.0 Å². The van der Waals surface area contributed by atoms with Crippen LogP contribution in [-0.4, -0.2) is 38.6 Å². The first-order chi connectivity index (χ1) is 19.5. The fourth-order valence-corrected chi connectivity index (χ4v) is 6.80. The van der Waals surface area contributed by atoms with Gasteiger partial charge in [-0.25, -0.2) is 4.39 Å². The molecule has 1 amide bonds. The van der Waals surface area contributed by atoms with Crippen LogP contribution in [0.25, 0.3) is 22.0 Å². The van der Waals surface area contributed by atoms with Gasteiger partial charge in [0.25, 0.3) is 11.5 Å². The van der Waals surface area contributed by atoms with Crippen molar-refractivity contribution in [2.75, 3.05) is 14.1 Å². The average molecular weight is 573 g/mol. The van der Waals surface area contributed by atoms with E-state index in [1.165, 1.54) is 0 Å². The highest BCUT2D eigenvalue weighted by atomic mass is 32.2. The van der Waals surface area contributed by atoms with Crippen LogP contribution in [0.1, 0.15) is 57.6 Å². The van der Waals surface area contributed by atoms with Gasteiger partial charge in [0, 0.05) is 51.8 Å². The van der Waals surface area contributed by atoms with Gasteiger partial charge in [-0.2, -0.15) is 0 Å². The van der Waals surface area contributed by atoms with Crippen molar-refractivity contribution in [2.24, 2.45) is 0 Å². The van der Waals surface area contributed by atoms with Gasteiger partial charge in [-0.1, -0.05) is 18.2 Å². The van der Waals surface area contributed by atoms with Crippen molar-refractivity contribution in [2.45, 2.75) is 57.9 Å². The number of aromatic amines is 1. The van der Waals surface area contributed by atoms with Crippen LogP contribution in [0.2, 0.25) is 0 Å². The van der Waals surface area contributed by atoms with Gasteiger partial charge >= 0.3 is 0 Å². The number of nitrogens with zero attached hydrogens (tertiary/aromatic N) is 2. The summed E-state index contributed by atoms with van der Waals surface area (Å²) in [7, 11) is 3.82. The van der Waals surface area contributed by atoms with Gasteiger partial charge in [0.05, 0.1) is 5.52 Å². The molecule has 41 heavy (non-hydrogen) atoms. The molecule has 6 nitrogen and oxygen atoms in total. The minimum atomic E-state index is -0.279. The maximum Gasteiger partial charge on any atom is 0.253 e. The van der Waals surface area contributed by atoms with Gasteiger partial charge in [-0.05, 0) is 113 Å². The van der Waals surface area contributed by atoms with Gasteiger partial charge in [-0.15, -0.1) is 6.58 Å². The quantitative estimate of drug-likeness (QED) is 0.209. The lowest BCUT2D eigenvalue weighted by Gasteiger charge is -2.16. The smallest absolute Gasteiger partial charge is 0.253 e. The van der Waals surface area contributed by atoms with Crippen molar-refractivity contribution in [3.8, 4) is 11.1 Å². The molecule has 0 saturated heterocycles. The second-order valence-electron chi connectivity index (χ2n) is 11.5. The third kappa shape index (κ3) is 6.04. The van der Waals surface area contributed by atoms with Crippen molar-refractivity contribution < 1.29 is 9.18 Å². The van der Waals surface area contributed by atoms with Crippen molar-refractivity contribution in [3.63, 3.8) is 0 Å². The van der Waals surface area contributed by atoms with Crippen LogP contribution < -0.4 is 10.9 Å². The predicted octanol–water partition coefficient (Wildman–Crippen LogP) is 6.66. The first-order valence-corrected chi connectivity index (χ1v) is 14.6. The maximum absolute atomic E-state index is 15.1. The Labute approximate surface area is 244 Å². The second-order valence-corrected chi connectivity index (χ2v) is 12.9. The lowest BCUT2D eigenvalue weighted by molar-refractivity contribution is 0.0952. The number of amides is 1. The van der Waals surface area contributed by atoms with E-state index < -0.39 is 0 Å². The molecule has 5 rings (SSSR count). The van der Waals surface area contributed by atoms with E-state index in [1.54, 1.807) is 18.0 Å². The molecule has 2 N–H and O–H groups in total. The van der Waals surface area contributed by atoms with Crippen molar-refractivity contribution in [1.29, 1.82) is 0 Å². The molecule has 214 valence electrons. The number of carbonyl (C=O) groups excluding carboxylic acids is 1. The number of nitrogens with one attached hydrogen (secondary N) is 2. The largest absolute Gasteiger partial charge is 0.348 e. The number of hydrogen-bond acceptors (Lipinski definition) is 4. The minimum Gasteiger partial charge on any atom is -0.348 e. The van der Waals surface area contributed by atoms with E-state index in [4.69, 9.17) is 0 Å². The van der Waals surface area contributed by atoms with E-state index in [9.17, 15) is 9.59 Å². The van der Waals surface area contributed by atoms with E-state index in [2.05, 4.69) is 27.0 Å². The molecule has 1 fully saturated rings. The number of aryl methyl sites for hydroxylation is 3. The van der Waals surface area contributed by atoms with Crippen molar-refractivity contribution in [1.82, 2.24) is 19.2 Å². The van der Waals surface area contributed by atoms with E-state index in [-0.39, 0.29) is 28.6 Å². The molecular weight excluding hydrogens is 535 g/mol. The summed E-state index contributed by atoms with van der Waals surface area (Å²) in [5, 5.41) is 3.83. The Morgan fingerprint density at radius 2 is 1.90 bits per heavy atom. The summed E-state index contributed by atoms with van der Waals surface area (Å²) in [6, 6.07) is 11.0. The fourth-order valence-electron chi connectivity index (χ4n) is 5.45. The molecule has 1 saturated carbocycles. The van der Waals surface area contributed by atoms with E-state index in [0.717, 1.165) is 52.5 Å². The first kappa shape index (κ1) is 28.9. The van der Waals surface area contributed by atoms with Crippen LogP contribution in [0.4, 0.5) is 4.39 Å². The zero-order valence-electron chi connectivity index (χ0n) is 24.4. The van der Waals surface area contributed by atoms with Crippen LogP contribution in [0, 0.1) is 26.6 Å². The molecule has 0 aliphatic heterocycles.